The molecule has 6 nitrogen and oxygen atoms in total. The van der Waals surface area contributed by atoms with Crippen LogP contribution < -0.4 is 10.6 Å². The van der Waals surface area contributed by atoms with Gasteiger partial charge in [0, 0.05) is 18.1 Å². The number of amides is 1. The first kappa shape index (κ1) is 11.6. The Morgan fingerprint density at radius 2 is 2.47 bits per heavy atom. The number of thiazole rings is 1. The Labute approximate surface area is 102 Å². The molecule has 0 aliphatic carbocycles. The van der Waals surface area contributed by atoms with E-state index in [9.17, 15) is 9.90 Å². The average molecular weight is 252 g/mol. The van der Waals surface area contributed by atoms with Gasteiger partial charge in [0.15, 0.2) is 5.13 Å². The van der Waals surface area contributed by atoms with Gasteiger partial charge in [-0.3, -0.25) is 15.1 Å². The fraction of sp³-hybridized carbons (Fsp3) is 0.300. The fourth-order valence-corrected chi connectivity index (χ4v) is 1.98. The van der Waals surface area contributed by atoms with Gasteiger partial charge in [-0.25, -0.2) is 4.98 Å². The third-order valence-electron chi connectivity index (χ3n) is 2.15. The molecular formula is C10H12N4O2S. The predicted octanol–water partition coefficient (Wildman–Crippen LogP) is 0.915. The molecule has 1 aromatic rings. The normalized spacial score (nSPS) is 15.9. The summed E-state index contributed by atoms with van der Waals surface area (Å²) < 4.78 is 0. The number of aromatic nitrogens is 1. The van der Waals surface area contributed by atoms with Crippen LogP contribution in [0.1, 0.15) is 6.92 Å². The van der Waals surface area contributed by atoms with E-state index in [0.717, 1.165) is 0 Å². The molecule has 2 heterocycles. The number of allylic oxidation sites excluding steroid dienone is 1. The molecule has 3 N–H and O–H groups in total. The highest BCUT2D eigenvalue weighted by molar-refractivity contribution is 7.13. The van der Waals surface area contributed by atoms with E-state index in [-0.39, 0.29) is 11.3 Å². The zero-order valence-electron chi connectivity index (χ0n) is 9.23. The summed E-state index contributed by atoms with van der Waals surface area (Å²) in [4.78, 5) is 20.0. The minimum absolute atomic E-state index is 0.0628. The molecule has 0 atom stereocenters. The highest BCUT2D eigenvalue weighted by Gasteiger charge is 2.22. The lowest BCUT2D eigenvalue weighted by atomic mass is 10.2. The molecule has 0 unspecified atom stereocenters. The van der Waals surface area contributed by atoms with Gasteiger partial charge in [-0.1, -0.05) is 0 Å². The minimum Gasteiger partial charge on any atom is -0.512 e. The first-order chi connectivity index (χ1) is 8.18. The van der Waals surface area contributed by atoms with Crippen LogP contribution in [0, 0.1) is 0 Å². The molecule has 1 aliphatic rings. The molecular weight excluding hydrogens is 240 g/mol. The standard InChI is InChI=1S/C10H12N4O2S/c1-6(15)7(8-11-2-3-12-8)9(16)14-10-13-4-5-17-10/h4-5,15H,2-3H2,1H3,(H,11,12)(H,13,14,16)/b7-6-. The number of rotatable bonds is 3. The quantitative estimate of drug-likeness (QED) is 0.551. The van der Waals surface area contributed by atoms with E-state index in [4.69, 9.17) is 0 Å². The van der Waals surface area contributed by atoms with Crippen LogP contribution in [0.4, 0.5) is 5.13 Å². The van der Waals surface area contributed by atoms with Crippen LogP contribution in [0.25, 0.3) is 0 Å². The maximum Gasteiger partial charge on any atom is 0.264 e. The van der Waals surface area contributed by atoms with Gasteiger partial charge in [0.2, 0.25) is 0 Å². The van der Waals surface area contributed by atoms with Gasteiger partial charge < -0.3 is 10.4 Å². The molecule has 0 spiro atoms. The van der Waals surface area contributed by atoms with Crippen LogP contribution in [0.2, 0.25) is 0 Å². The topological polar surface area (TPSA) is 86.6 Å². The van der Waals surface area contributed by atoms with Crippen molar-refractivity contribution in [2.45, 2.75) is 6.92 Å². The Morgan fingerprint density at radius 3 is 3.00 bits per heavy atom. The largest absolute Gasteiger partial charge is 0.512 e. The van der Waals surface area contributed by atoms with Gasteiger partial charge in [-0.05, 0) is 6.92 Å². The van der Waals surface area contributed by atoms with Gasteiger partial charge in [0.1, 0.15) is 17.2 Å². The minimum atomic E-state index is -0.409. The van der Waals surface area contributed by atoms with E-state index in [0.29, 0.717) is 24.1 Å². The molecule has 1 aromatic heterocycles. The molecule has 1 amide bonds. The van der Waals surface area contributed by atoms with Gasteiger partial charge in [-0.2, -0.15) is 0 Å². The second-order valence-corrected chi connectivity index (χ2v) is 4.30. The zero-order valence-corrected chi connectivity index (χ0v) is 10.0. The zero-order chi connectivity index (χ0) is 12.3. The van der Waals surface area contributed by atoms with Crippen molar-refractivity contribution in [3.05, 3.63) is 22.9 Å². The lowest BCUT2D eigenvalue weighted by Gasteiger charge is -2.08. The van der Waals surface area contributed by atoms with Gasteiger partial charge in [0.25, 0.3) is 5.91 Å². The molecule has 0 aromatic carbocycles. The first-order valence-electron chi connectivity index (χ1n) is 5.08. The molecule has 1 aliphatic heterocycles. The van der Waals surface area contributed by atoms with Crippen molar-refractivity contribution in [3.8, 4) is 0 Å². The first-order valence-corrected chi connectivity index (χ1v) is 5.96. The third kappa shape index (κ3) is 2.62. The molecule has 7 heteroatoms. The predicted molar refractivity (Wildman–Crippen MR) is 66.4 cm³/mol. The smallest absolute Gasteiger partial charge is 0.264 e. The van der Waals surface area contributed by atoms with Crippen molar-refractivity contribution in [3.63, 3.8) is 0 Å². The number of nitrogens with zero attached hydrogens (tertiary/aromatic N) is 2. The molecule has 0 saturated heterocycles. The summed E-state index contributed by atoms with van der Waals surface area (Å²) in [6.45, 7) is 2.74. The summed E-state index contributed by atoms with van der Waals surface area (Å²) >= 11 is 1.32. The maximum absolute atomic E-state index is 12.0. The lowest BCUT2D eigenvalue weighted by Crippen LogP contribution is -2.29. The Kier molecular flexibility index (Phi) is 3.38. The van der Waals surface area contributed by atoms with Crippen LogP contribution in [0.5, 0.6) is 0 Å². The monoisotopic (exact) mass is 252 g/mol. The number of aliphatic imine (C=N–C) groups is 1. The van der Waals surface area contributed by atoms with Crippen molar-refractivity contribution in [2.24, 2.45) is 4.99 Å². The number of carbonyl (C=O) groups excluding carboxylic acids is 1. The second-order valence-electron chi connectivity index (χ2n) is 3.41. The summed E-state index contributed by atoms with van der Waals surface area (Å²) in [6.07, 6.45) is 1.60. The van der Waals surface area contributed by atoms with Crippen LogP contribution in [0.3, 0.4) is 0 Å². The Bertz CT molecular complexity index is 475. The fourth-order valence-electron chi connectivity index (χ4n) is 1.45. The van der Waals surface area contributed by atoms with Gasteiger partial charge >= 0.3 is 0 Å². The molecule has 17 heavy (non-hydrogen) atoms. The molecule has 0 saturated carbocycles. The molecule has 0 bridgehead atoms. The van der Waals surface area contributed by atoms with Crippen molar-refractivity contribution in [1.29, 1.82) is 0 Å². The summed E-state index contributed by atoms with van der Waals surface area (Å²) in [5, 5.41) is 17.4. The lowest BCUT2D eigenvalue weighted by molar-refractivity contribution is -0.112. The summed E-state index contributed by atoms with van der Waals surface area (Å²) in [7, 11) is 0. The molecule has 0 fully saturated rings. The highest BCUT2D eigenvalue weighted by Crippen LogP contribution is 2.14. The SMILES string of the molecule is C/C(O)=C(/C(=O)Nc1nccs1)C1=NCCN1. The van der Waals surface area contributed by atoms with Crippen LogP contribution in [0.15, 0.2) is 27.9 Å². The van der Waals surface area contributed by atoms with Gasteiger partial charge in [-0.15, -0.1) is 11.3 Å². The Balaban J connectivity index is 2.18. The number of hydrogen-bond donors (Lipinski definition) is 3. The van der Waals surface area contributed by atoms with E-state index in [2.05, 4.69) is 20.6 Å². The number of nitrogens with one attached hydrogen (secondary N) is 2. The molecule has 0 radical (unpaired) electrons. The number of anilines is 1. The van der Waals surface area contributed by atoms with E-state index < -0.39 is 5.91 Å². The van der Waals surface area contributed by atoms with Crippen molar-refractivity contribution < 1.29 is 9.90 Å². The van der Waals surface area contributed by atoms with Crippen molar-refractivity contribution in [2.75, 3.05) is 18.4 Å². The molecule has 2 rings (SSSR count). The van der Waals surface area contributed by atoms with Crippen LogP contribution in [-0.2, 0) is 4.79 Å². The van der Waals surface area contributed by atoms with Crippen LogP contribution >= 0.6 is 11.3 Å². The van der Waals surface area contributed by atoms with Gasteiger partial charge in [0.05, 0.1) is 6.54 Å². The summed E-state index contributed by atoms with van der Waals surface area (Å²) in [5.41, 5.74) is 0.165. The molecule has 90 valence electrons. The maximum atomic E-state index is 12.0. The van der Waals surface area contributed by atoms with Crippen molar-refractivity contribution >= 4 is 28.2 Å². The summed E-state index contributed by atoms with van der Waals surface area (Å²) in [5.74, 6) is -0.0423. The third-order valence-corrected chi connectivity index (χ3v) is 2.84. The van der Waals surface area contributed by atoms with E-state index in [1.165, 1.54) is 18.3 Å². The number of aliphatic hydroxyl groups is 1. The number of aliphatic hydroxyl groups excluding tert-OH is 1. The second kappa shape index (κ2) is 4.96. The summed E-state index contributed by atoms with van der Waals surface area (Å²) in [6, 6.07) is 0. The van der Waals surface area contributed by atoms with Crippen LogP contribution in [-0.4, -0.2) is 34.9 Å². The average Bonchev–Trinajstić information content (AvgIpc) is 2.89. The van der Waals surface area contributed by atoms with E-state index in [1.54, 1.807) is 11.6 Å². The Hall–Kier alpha value is -1.89. The number of amidine groups is 1. The van der Waals surface area contributed by atoms with E-state index in [1.807, 2.05) is 0 Å². The number of carbonyl (C=O) groups is 1. The highest BCUT2D eigenvalue weighted by atomic mass is 32.1. The van der Waals surface area contributed by atoms with E-state index >= 15 is 0 Å². The number of hydrogen-bond acceptors (Lipinski definition) is 6. The van der Waals surface area contributed by atoms with Crippen molar-refractivity contribution in [1.82, 2.24) is 10.3 Å². The Morgan fingerprint density at radius 1 is 1.65 bits per heavy atom.